The highest BCUT2D eigenvalue weighted by atomic mass is 16.1. The van der Waals surface area contributed by atoms with Gasteiger partial charge in [-0.2, -0.15) is 9.97 Å². The zero-order chi connectivity index (χ0) is 20.2. The summed E-state index contributed by atoms with van der Waals surface area (Å²) in [6, 6.07) is 11.4. The maximum Gasteiger partial charge on any atom is 0.251 e. The third-order valence-corrected chi connectivity index (χ3v) is 4.73. The number of hydrogen-bond donors (Lipinski definition) is 4. The molecule has 3 aromatic heterocycles. The number of nitrogens with zero attached hydrogens (tertiary/aromatic N) is 3. The van der Waals surface area contributed by atoms with Gasteiger partial charge < -0.3 is 21.8 Å². The number of hydrogen-bond acceptors (Lipinski definition) is 6. The fourth-order valence-electron chi connectivity index (χ4n) is 3.23. The predicted molar refractivity (Wildman–Crippen MR) is 112 cm³/mol. The number of anilines is 2. The molecule has 1 amide bonds. The topological polar surface area (TPSA) is 136 Å². The monoisotopic (exact) mass is 387 g/mol. The van der Waals surface area contributed by atoms with Gasteiger partial charge in [-0.15, -0.1) is 0 Å². The lowest BCUT2D eigenvalue weighted by molar-refractivity contribution is 0.0951. The van der Waals surface area contributed by atoms with Gasteiger partial charge in [-0.3, -0.25) is 9.78 Å². The number of fused-ring (bicyclic) bond motifs is 1. The van der Waals surface area contributed by atoms with Gasteiger partial charge in [-0.05, 0) is 47.7 Å². The summed E-state index contributed by atoms with van der Waals surface area (Å²) in [5, 5.41) is 3.71. The fraction of sp³-hybridized carbons (Fsp3) is 0.143. The van der Waals surface area contributed by atoms with Crippen LogP contribution in [0, 0.1) is 0 Å². The SMILES string of the molecule is Nc1nc(N)c2c(CCc3ccc(C(=O)NCc4cccnc4)cc3)c[nH]c2n1. The van der Waals surface area contributed by atoms with Crippen molar-refractivity contribution in [1.82, 2.24) is 25.3 Å². The molecule has 0 saturated heterocycles. The molecule has 8 heteroatoms. The Balaban J connectivity index is 1.38. The highest BCUT2D eigenvalue weighted by Gasteiger charge is 2.11. The van der Waals surface area contributed by atoms with Gasteiger partial charge in [-0.25, -0.2) is 0 Å². The van der Waals surface area contributed by atoms with Crippen LogP contribution in [-0.4, -0.2) is 25.8 Å². The third-order valence-electron chi connectivity index (χ3n) is 4.73. The molecule has 4 aromatic rings. The van der Waals surface area contributed by atoms with Gasteiger partial charge in [0.05, 0.1) is 5.39 Å². The lowest BCUT2D eigenvalue weighted by Gasteiger charge is -2.07. The summed E-state index contributed by atoms with van der Waals surface area (Å²) < 4.78 is 0. The number of amides is 1. The largest absolute Gasteiger partial charge is 0.383 e. The molecular formula is C21H21N7O. The number of carbonyl (C=O) groups excluding carboxylic acids is 1. The van der Waals surface area contributed by atoms with Crippen molar-refractivity contribution in [3.63, 3.8) is 0 Å². The van der Waals surface area contributed by atoms with Crippen molar-refractivity contribution in [3.05, 3.63) is 77.2 Å². The van der Waals surface area contributed by atoms with Crippen molar-refractivity contribution in [2.24, 2.45) is 0 Å². The standard InChI is InChI=1S/C21H21N7O/c22-18-17-16(12-25-19(17)28-21(23)27-18)8-5-13-3-6-15(7-4-13)20(29)26-11-14-2-1-9-24-10-14/h1-4,6-7,9-10,12H,5,8,11H2,(H,26,29)(H5,22,23,25,27,28). The first-order valence-electron chi connectivity index (χ1n) is 9.25. The number of nitrogen functional groups attached to an aromatic ring is 2. The summed E-state index contributed by atoms with van der Waals surface area (Å²) in [4.78, 5) is 27.6. The minimum Gasteiger partial charge on any atom is -0.383 e. The van der Waals surface area contributed by atoms with Crippen LogP contribution in [-0.2, 0) is 19.4 Å². The molecule has 8 nitrogen and oxygen atoms in total. The number of nitrogens with one attached hydrogen (secondary N) is 2. The average molecular weight is 387 g/mol. The number of nitrogens with two attached hydrogens (primary N) is 2. The third kappa shape index (κ3) is 4.16. The Bertz CT molecular complexity index is 1140. The number of benzene rings is 1. The first kappa shape index (κ1) is 18.4. The number of aryl methyl sites for hydroxylation is 2. The van der Waals surface area contributed by atoms with E-state index in [2.05, 4.69) is 25.3 Å². The molecule has 3 heterocycles. The molecule has 146 valence electrons. The van der Waals surface area contributed by atoms with Crippen LogP contribution in [0.1, 0.15) is 27.0 Å². The molecule has 0 unspecified atom stereocenters. The number of pyridine rings is 1. The quantitative estimate of drug-likeness (QED) is 0.401. The Kier molecular flexibility index (Phi) is 5.07. The van der Waals surface area contributed by atoms with Gasteiger partial charge in [0.15, 0.2) is 0 Å². The zero-order valence-corrected chi connectivity index (χ0v) is 15.7. The van der Waals surface area contributed by atoms with Gasteiger partial charge in [0.2, 0.25) is 5.95 Å². The first-order chi connectivity index (χ1) is 14.1. The Morgan fingerprint density at radius 1 is 1.03 bits per heavy atom. The van der Waals surface area contributed by atoms with Crippen molar-refractivity contribution in [1.29, 1.82) is 0 Å². The van der Waals surface area contributed by atoms with Crippen LogP contribution >= 0.6 is 0 Å². The molecule has 0 aliphatic carbocycles. The molecular weight excluding hydrogens is 366 g/mol. The second-order valence-corrected chi connectivity index (χ2v) is 6.75. The van der Waals surface area contributed by atoms with Crippen LogP contribution in [0.3, 0.4) is 0 Å². The first-order valence-corrected chi connectivity index (χ1v) is 9.25. The number of aromatic amines is 1. The molecule has 0 atom stereocenters. The van der Waals surface area contributed by atoms with E-state index in [0.29, 0.717) is 23.6 Å². The second-order valence-electron chi connectivity index (χ2n) is 6.75. The van der Waals surface area contributed by atoms with Crippen LogP contribution in [0.25, 0.3) is 11.0 Å². The molecule has 0 bridgehead atoms. The lowest BCUT2D eigenvalue weighted by Crippen LogP contribution is -2.22. The lowest BCUT2D eigenvalue weighted by atomic mass is 10.0. The Hall–Kier alpha value is -3.94. The Morgan fingerprint density at radius 2 is 1.86 bits per heavy atom. The number of aromatic nitrogens is 4. The number of rotatable bonds is 6. The van der Waals surface area contributed by atoms with Crippen LogP contribution < -0.4 is 16.8 Å². The average Bonchev–Trinajstić information content (AvgIpc) is 3.14. The minimum atomic E-state index is -0.112. The van der Waals surface area contributed by atoms with E-state index < -0.39 is 0 Å². The van der Waals surface area contributed by atoms with Crippen molar-refractivity contribution in [2.45, 2.75) is 19.4 Å². The van der Waals surface area contributed by atoms with Crippen LogP contribution in [0.4, 0.5) is 11.8 Å². The molecule has 0 aliphatic heterocycles. The highest BCUT2D eigenvalue weighted by Crippen LogP contribution is 2.24. The zero-order valence-electron chi connectivity index (χ0n) is 15.7. The maximum atomic E-state index is 12.3. The van der Waals surface area contributed by atoms with E-state index in [9.17, 15) is 4.79 Å². The fourth-order valence-corrected chi connectivity index (χ4v) is 3.23. The smallest absolute Gasteiger partial charge is 0.251 e. The van der Waals surface area contributed by atoms with E-state index >= 15 is 0 Å². The molecule has 0 saturated carbocycles. The number of carbonyl (C=O) groups is 1. The molecule has 0 aliphatic rings. The van der Waals surface area contributed by atoms with Crippen molar-refractivity contribution in [2.75, 3.05) is 11.5 Å². The van der Waals surface area contributed by atoms with E-state index in [4.69, 9.17) is 11.5 Å². The van der Waals surface area contributed by atoms with Gasteiger partial charge in [-0.1, -0.05) is 18.2 Å². The van der Waals surface area contributed by atoms with E-state index in [0.717, 1.165) is 34.9 Å². The van der Waals surface area contributed by atoms with Gasteiger partial charge in [0.25, 0.3) is 5.91 Å². The van der Waals surface area contributed by atoms with Gasteiger partial charge in [0.1, 0.15) is 11.5 Å². The van der Waals surface area contributed by atoms with Crippen molar-refractivity contribution >= 4 is 28.7 Å². The van der Waals surface area contributed by atoms with E-state index in [1.54, 1.807) is 12.4 Å². The Labute approximate surface area is 167 Å². The van der Waals surface area contributed by atoms with Crippen LogP contribution in [0.2, 0.25) is 0 Å². The molecule has 0 radical (unpaired) electrons. The molecule has 1 aromatic carbocycles. The van der Waals surface area contributed by atoms with Gasteiger partial charge >= 0.3 is 0 Å². The van der Waals surface area contributed by atoms with Crippen molar-refractivity contribution in [3.8, 4) is 0 Å². The summed E-state index contributed by atoms with van der Waals surface area (Å²) in [5.74, 6) is 0.421. The maximum absolute atomic E-state index is 12.3. The summed E-state index contributed by atoms with van der Waals surface area (Å²) >= 11 is 0. The molecule has 0 spiro atoms. The normalized spacial score (nSPS) is 10.9. The number of H-pyrrole nitrogens is 1. The van der Waals surface area contributed by atoms with E-state index in [1.807, 2.05) is 42.6 Å². The summed E-state index contributed by atoms with van der Waals surface area (Å²) in [6.07, 6.45) is 6.89. The molecule has 6 N–H and O–H groups in total. The second kappa shape index (κ2) is 7.97. The highest BCUT2D eigenvalue weighted by molar-refractivity contribution is 5.94. The minimum absolute atomic E-state index is 0.112. The van der Waals surface area contributed by atoms with E-state index in [1.165, 1.54) is 0 Å². The van der Waals surface area contributed by atoms with Gasteiger partial charge in [0, 0.05) is 30.7 Å². The van der Waals surface area contributed by atoms with E-state index in [-0.39, 0.29) is 11.9 Å². The van der Waals surface area contributed by atoms with Crippen LogP contribution in [0.5, 0.6) is 0 Å². The summed E-state index contributed by atoms with van der Waals surface area (Å²) in [5.41, 5.74) is 16.0. The summed E-state index contributed by atoms with van der Waals surface area (Å²) in [6.45, 7) is 0.447. The summed E-state index contributed by atoms with van der Waals surface area (Å²) in [7, 11) is 0. The molecule has 29 heavy (non-hydrogen) atoms. The van der Waals surface area contributed by atoms with Crippen LogP contribution in [0.15, 0.2) is 55.0 Å². The Morgan fingerprint density at radius 3 is 2.62 bits per heavy atom. The van der Waals surface area contributed by atoms with Crippen molar-refractivity contribution < 1.29 is 4.79 Å². The predicted octanol–water partition coefficient (Wildman–Crippen LogP) is 2.23. The molecule has 4 rings (SSSR count). The molecule has 0 fully saturated rings.